The highest BCUT2D eigenvalue weighted by atomic mass is 35.5. The van der Waals surface area contributed by atoms with Gasteiger partial charge in [0, 0.05) is 17.5 Å². The van der Waals surface area contributed by atoms with Gasteiger partial charge in [-0.3, -0.25) is 13.7 Å². The SMILES string of the molecule is O=P(O)(CP1(=O)OCC[C@@H](c2cccc(Cl)c2)O1)OC[C@H]1O[C@@H](c2cnc3c(NC4CCCC4)nc(Cl)nn23)C(O)C1O. The number of benzene rings is 1. The summed E-state index contributed by atoms with van der Waals surface area (Å²) in [5.74, 6) is -0.474. The molecule has 1 aromatic carbocycles. The zero-order chi connectivity index (χ0) is 30.4. The third kappa shape index (κ3) is 6.95. The fourth-order valence-electron chi connectivity index (χ4n) is 5.59. The zero-order valence-electron chi connectivity index (χ0n) is 22.7. The van der Waals surface area contributed by atoms with Crippen molar-refractivity contribution >= 4 is 49.9 Å². The van der Waals surface area contributed by atoms with Crippen molar-refractivity contribution in [1.82, 2.24) is 19.6 Å². The molecule has 1 saturated carbocycles. The lowest BCUT2D eigenvalue weighted by molar-refractivity contribution is -0.0205. The molecule has 0 spiro atoms. The van der Waals surface area contributed by atoms with Crippen LogP contribution < -0.4 is 5.32 Å². The molecule has 0 amide bonds. The first kappa shape index (κ1) is 31.3. The Kier molecular flexibility index (Phi) is 9.19. The third-order valence-electron chi connectivity index (χ3n) is 7.68. The van der Waals surface area contributed by atoms with Crippen LogP contribution in [-0.2, 0) is 27.4 Å². The molecule has 18 heteroatoms. The van der Waals surface area contributed by atoms with Crippen molar-refractivity contribution in [2.75, 3.05) is 24.4 Å². The fourth-order valence-corrected chi connectivity index (χ4v) is 10.1. The number of hydrogen-bond acceptors (Lipinski definition) is 12. The molecule has 3 aromatic rings. The number of anilines is 1. The molecule has 3 aliphatic rings. The second kappa shape index (κ2) is 12.6. The van der Waals surface area contributed by atoms with Crippen molar-refractivity contribution in [1.29, 1.82) is 0 Å². The highest BCUT2D eigenvalue weighted by Crippen LogP contribution is 2.65. The molecule has 7 atom stereocenters. The Morgan fingerprint density at radius 3 is 2.74 bits per heavy atom. The van der Waals surface area contributed by atoms with E-state index in [1.54, 1.807) is 24.3 Å². The van der Waals surface area contributed by atoms with E-state index < -0.39 is 58.2 Å². The molecule has 4 N–H and O–H groups in total. The van der Waals surface area contributed by atoms with Gasteiger partial charge in [0.15, 0.2) is 17.4 Å². The highest BCUT2D eigenvalue weighted by Gasteiger charge is 2.47. The summed E-state index contributed by atoms with van der Waals surface area (Å²) < 4.78 is 49.6. The minimum Gasteiger partial charge on any atom is -0.387 e. The van der Waals surface area contributed by atoms with Crippen molar-refractivity contribution in [3.63, 3.8) is 0 Å². The van der Waals surface area contributed by atoms with Crippen molar-refractivity contribution in [3.05, 3.63) is 52.0 Å². The minimum atomic E-state index is -4.58. The molecule has 14 nitrogen and oxygen atoms in total. The van der Waals surface area contributed by atoms with Crippen LogP contribution in [0.25, 0.3) is 5.65 Å². The second-order valence-corrected chi connectivity index (χ2v) is 15.9. The van der Waals surface area contributed by atoms with Gasteiger partial charge < -0.3 is 34.2 Å². The number of ether oxygens (including phenoxy) is 1. The smallest absolute Gasteiger partial charge is 0.343 e. The first-order valence-corrected chi connectivity index (χ1v) is 18.1. The predicted octanol–water partition coefficient (Wildman–Crippen LogP) is 4.48. The van der Waals surface area contributed by atoms with Crippen LogP contribution in [0.3, 0.4) is 0 Å². The molecule has 2 saturated heterocycles. The number of aromatic nitrogens is 4. The number of aliphatic hydroxyl groups is 2. The Bertz CT molecular complexity index is 1580. The van der Waals surface area contributed by atoms with Crippen molar-refractivity contribution in [2.24, 2.45) is 0 Å². The van der Waals surface area contributed by atoms with Gasteiger partial charge in [-0.25, -0.2) is 9.50 Å². The Morgan fingerprint density at radius 2 is 1.98 bits per heavy atom. The molecule has 3 fully saturated rings. The Hall–Kier alpha value is -1.67. The van der Waals surface area contributed by atoms with Crippen molar-refractivity contribution in [3.8, 4) is 0 Å². The number of imidazole rings is 1. The lowest BCUT2D eigenvalue weighted by atomic mass is 10.1. The van der Waals surface area contributed by atoms with E-state index >= 15 is 0 Å². The van der Waals surface area contributed by atoms with Crippen LogP contribution in [0.4, 0.5) is 5.82 Å². The average Bonchev–Trinajstić information content (AvgIpc) is 3.68. The van der Waals surface area contributed by atoms with Gasteiger partial charge in [0.05, 0.1) is 31.2 Å². The standard InChI is InChI=1S/C25H31Cl2N5O9P2/c26-15-5-3-4-14(10-15)18-8-9-38-43(37,41-18)13-42(35,36)39-12-19-20(33)21(34)22(40-19)17-11-28-24-23(29-16-6-1-2-7-16)30-25(27)31-32(17)24/h3-5,10-11,16,18-22,33-34H,1-2,6-9,12-13H2,(H,35,36)(H,29,30,31)/t18-,19+,20?,21?,22-,43?/m0/s1. The number of rotatable bonds is 9. The predicted molar refractivity (Wildman–Crippen MR) is 155 cm³/mol. The molecule has 4 heterocycles. The van der Waals surface area contributed by atoms with Gasteiger partial charge in [0.25, 0.3) is 0 Å². The number of halogens is 2. The molecule has 2 aliphatic heterocycles. The van der Waals surface area contributed by atoms with Crippen LogP contribution >= 0.6 is 38.4 Å². The zero-order valence-corrected chi connectivity index (χ0v) is 26.0. The largest absolute Gasteiger partial charge is 0.387 e. The molecular formula is C25H31Cl2N5O9P2. The molecule has 4 unspecified atom stereocenters. The molecule has 234 valence electrons. The summed E-state index contributed by atoms with van der Waals surface area (Å²) in [6.45, 7) is -0.557. The summed E-state index contributed by atoms with van der Waals surface area (Å²) in [7, 11) is -8.61. The van der Waals surface area contributed by atoms with Gasteiger partial charge in [0.1, 0.15) is 24.4 Å². The molecule has 43 heavy (non-hydrogen) atoms. The summed E-state index contributed by atoms with van der Waals surface area (Å²) in [4.78, 5) is 19.2. The molecule has 0 bridgehead atoms. The monoisotopic (exact) mass is 677 g/mol. The van der Waals surface area contributed by atoms with Crippen LogP contribution in [0.1, 0.15) is 55.6 Å². The molecule has 1 aliphatic carbocycles. The van der Waals surface area contributed by atoms with Crippen LogP contribution in [0.2, 0.25) is 10.3 Å². The van der Waals surface area contributed by atoms with E-state index in [9.17, 15) is 24.2 Å². The highest BCUT2D eigenvalue weighted by molar-refractivity contribution is 7.71. The number of aliphatic hydroxyl groups excluding tert-OH is 2. The summed E-state index contributed by atoms with van der Waals surface area (Å²) >= 11 is 12.2. The normalized spacial score (nSPS) is 31.4. The Balaban J connectivity index is 1.12. The molecular weight excluding hydrogens is 647 g/mol. The molecule has 2 aromatic heterocycles. The van der Waals surface area contributed by atoms with E-state index in [0.717, 1.165) is 25.7 Å². The summed E-state index contributed by atoms with van der Waals surface area (Å²) in [6, 6.07) is 7.04. The van der Waals surface area contributed by atoms with E-state index in [2.05, 4.69) is 20.4 Å². The summed E-state index contributed by atoms with van der Waals surface area (Å²) in [5.41, 5.74) is 1.31. The number of fused-ring (bicyclic) bond motifs is 1. The van der Waals surface area contributed by atoms with E-state index in [-0.39, 0.29) is 23.6 Å². The first-order valence-electron chi connectivity index (χ1n) is 13.8. The molecule has 0 radical (unpaired) electrons. The maximum absolute atomic E-state index is 13.3. The maximum Gasteiger partial charge on any atom is 0.343 e. The first-order chi connectivity index (χ1) is 20.5. The van der Waals surface area contributed by atoms with Crippen LogP contribution in [0.15, 0.2) is 30.5 Å². The quantitative estimate of drug-likeness (QED) is 0.232. The topological polar surface area (TPSA) is 187 Å². The van der Waals surface area contributed by atoms with Gasteiger partial charge in [-0.1, -0.05) is 36.6 Å². The third-order valence-corrected chi connectivity index (χ3v) is 12.6. The second-order valence-electron chi connectivity index (χ2n) is 10.8. The van der Waals surface area contributed by atoms with Crippen molar-refractivity contribution < 1.29 is 42.5 Å². The Labute approximate surface area is 256 Å². The minimum absolute atomic E-state index is 0.0392. The van der Waals surface area contributed by atoms with Gasteiger partial charge in [-0.05, 0) is 42.1 Å². The number of hydrogen-bond donors (Lipinski definition) is 4. The van der Waals surface area contributed by atoms with Gasteiger partial charge >= 0.3 is 15.2 Å². The lowest BCUT2D eigenvalue weighted by Crippen LogP contribution is -2.33. The Morgan fingerprint density at radius 1 is 1.19 bits per heavy atom. The number of nitrogens with one attached hydrogen (secondary N) is 1. The van der Waals surface area contributed by atoms with Gasteiger partial charge in [0.2, 0.25) is 5.28 Å². The average molecular weight is 678 g/mol. The van der Waals surface area contributed by atoms with Crippen LogP contribution in [-0.4, -0.2) is 78.2 Å². The lowest BCUT2D eigenvalue weighted by Gasteiger charge is -2.31. The summed E-state index contributed by atoms with van der Waals surface area (Å²) in [6.07, 6.45) is 0.0795. The number of nitrogens with zero attached hydrogens (tertiary/aromatic N) is 4. The van der Waals surface area contributed by atoms with E-state index in [0.29, 0.717) is 28.5 Å². The van der Waals surface area contributed by atoms with E-state index in [4.69, 9.17) is 41.5 Å². The van der Waals surface area contributed by atoms with Crippen molar-refractivity contribution in [2.45, 2.75) is 68.7 Å². The molecule has 6 rings (SSSR count). The van der Waals surface area contributed by atoms with E-state index in [1.807, 2.05) is 0 Å². The van der Waals surface area contributed by atoms with Crippen LogP contribution in [0.5, 0.6) is 0 Å². The van der Waals surface area contributed by atoms with Crippen LogP contribution in [0, 0.1) is 0 Å². The van der Waals surface area contributed by atoms with E-state index in [1.165, 1.54) is 10.7 Å². The fraction of sp³-hybridized carbons (Fsp3) is 0.560. The van der Waals surface area contributed by atoms with Gasteiger partial charge in [-0.15, -0.1) is 5.10 Å². The summed E-state index contributed by atoms with van der Waals surface area (Å²) in [5, 5.41) is 29.5. The maximum atomic E-state index is 13.3. The van der Waals surface area contributed by atoms with Gasteiger partial charge in [-0.2, -0.15) is 4.98 Å².